The van der Waals surface area contributed by atoms with Gasteiger partial charge in [-0.05, 0) is 52.0 Å². The third-order valence-electron chi connectivity index (χ3n) is 6.98. The van der Waals surface area contributed by atoms with Gasteiger partial charge in [0.1, 0.15) is 22.8 Å². The summed E-state index contributed by atoms with van der Waals surface area (Å²) in [7, 11) is -0.0552. The zero-order valence-corrected chi connectivity index (χ0v) is 26.5. The van der Waals surface area contributed by atoms with E-state index in [9.17, 15) is 17.6 Å². The van der Waals surface area contributed by atoms with Crippen molar-refractivity contribution in [3.05, 3.63) is 71.2 Å². The number of nitrogens with zero attached hydrogens (tertiary/aromatic N) is 5. The number of hydrogen-bond donors (Lipinski definition) is 1. The zero-order valence-electron chi connectivity index (χ0n) is 25.6. The molecule has 11 nitrogen and oxygen atoms in total. The van der Waals surface area contributed by atoms with Gasteiger partial charge in [-0.1, -0.05) is 0 Å². The van der Waals surface area contributed by atoms with Gasteiger partial charge in [0.05, 0.1) is 25.1 Å². The van der Waals surface area contributed by atoms with Crippen molar-refractivity contribution in [2.24, 2.45) is 7.05 Å². The van der Waals surface area contributed by atoms with E-state index in [0.717, 1.165) is 34.4 Å². The van der Waals surface area contributed by atoms with Gasteiger partial charge in [-0.15, -0.1) is 0 Å². The minimum Gasteiger partial charge on any atom is -0.492 e. The fourth-order valence-corrected chi connectivity index (χ4v) is 4.96. The fourth-order valence-electron chi connectivity index (χ4n) is 4.60. The molecule has 0 aliphatic carbocycles. The van der Waals surface area contributed by atoms with Crippen LogP contribution in [0.2, 0.25) is 0 Å². The molecule has 43 heavy (non-hydrogen) atoms. The van der Waals surface area contributed by atoms with Crippen LogP contribution in [0.1, 0.15) is 43.4 Å². The number of alkyl carbamates (subject to hydrolysis) is 1. The minimum absolute atomic E-state index is 0.140. The predicted molar refractivity (Wildman–Crippen MR) is 162 cm³/mol. The summed E-state index contributed by atoms with van der Waals surface area (Å²) < 4.78 is 54.6. The number of ether oxygens (including phenoxy) is 2. The molecule has 0 unspecified atom stereocenters. The van der Waals surface area contributed by atoms with E-state index in [1.165, 1.54) is 23.5 Å². The number of aryl methyl sites for hydroxylation is 1. The SMILES string of the molecule is Cc1c(CCOc2cc(F)ccc2-c2ccc3ncc(CCNC(=O)OC(C)(C)C)n3c2)c(CN(C)S(C)(=O)=O)nn1C. The van der Waals surface area contributed by atoms with Crippen LogP contribution in [0, 0.1) is 12.7 Å². The van der Waals surface area contributed by atoms with Crippen molar-refractivity contribution in [2.45, 2.75) is 52.7 Å². The van der Waals surface area contributed by atoms with Crippen LogP contribution in [0.3, 0.4) is 0 Å². The van der Waals surface area contributed by atoms with Crippen LogP contribution in [0.5, 0.6) is 5.75 Å². The molecule has 4 aromatic rings. The second kappa shape index (κ2) is 12.7. The maximum atomic E-state index is 14.4. The van der Waals surface area contributed by atoms with Crippen LogP contribution >= 0.6 is 0 Å². The number of fused-ring (bicyclic) bond motifs is 1. The predicted octanol–water partition coefficient (Wildman–Crippen LogP) is 4.26. The lowest BCUT2D eigenvalue weighted by molar-refractivity contribution is 0.0528. The highest BCUT2D eigenvalue weighted by molar-refractivity contribution is 7.88. The number of carbonyl (C=O) groups is 1. The monoisotopic (exact) mass is 614 g/mol. The quantitative estimate of drug-likeness (QED) is 0.268. The molecule has 0 saturated heterocycles. The summed E-state index contributed by atoms with van der Waals surface area (Å²) in [6.45, 7) is 8.08. The van der Waals surface area contributed by atoms with Crippen LogP contribution in [-0.2, 0) is 41.2 Å². The highest BCUT2D eigenvalue weighted by Crippen LogP contribution is 2.32. The smallest absolute Gasteiger partial charge is 0.407 e. The minimum atomic E-state index is -3.38. The lowest BCUT2D eigenvalue weighted by atomic mass is 10.1. The van der Waals surface area contributed by atoms with Crippen LogP contribution < -0.4 is 10.1 Å². The molecule has 0 bridgehead atoms. The summed E-state index contributed by atoms with van der Waals surface area (Å²) in [6.07, 6.45) is 5.33. The van der Waals surface area contributed by atoms with E-state index in [2.05, 4.69) is 15.4 Å². The van der Waals surface area contributed by atoms with E-state index in [4.69, 9.17) is 9.47 Å². The molecule has 1 aromatic carbocycles. The van der Waals surface area contributed by atoms with Crippen LogP contribution in [0.4, 0.5) is 9.18 Å². The number of halogens is 1. The molecule has 3 heterocycles. The number of pyridine rings is 1. The molecule has 1 amide bonds. The number of hydrogen-bond acceptors (Lipinski definition) is 7. The molecule has 0 aliphatic heterocycles. The number of amides is 1. The Hall–Kier alpha value is -3.97. The molecular weight excluding hydrogens is 575 g/mol. The van der Waals surface area contributed by atoms with E-state index in [-0.39, 0.29) is 13.2 Å². The maximum absolute atomic E-state index is 14.4. The first-order valence-electron chi connectivity index (χ1n) is 13.9. The van der Waals surface area contributed by atoms with Crippen molar-refractivity contribution in [1.82, 2.24) is 28.8 Å². The van der Waals surface area contributed by atoms with Crippen LogP contribution in [-0.4, -0.2) is 70.0 Å². The van der Waals surface area contributed by atoms with Crippen LogP contribution in [0.25, 0.3) is 16.8 Å². The molecule has 0 fully saturated rings. The van der Waals surface area contributed by atoms with E-state index in [1.54, 1.807) is 16.9 Å². The number of imidazole rings is 1. The lowest BCUT2D eigenvalue weighted by Crippen LogP contribution is -2.33. The number of nitrogens with one attached hydrogen (secondary N) is 1. The average Bonchev–Trinajstić information content (AvgIpc) is 3.42. The van der Waals surface area contributed by atoms with Crippen LogP contribution in [0.15, 0.2) is 42.7 Å². The number of benzene rings is 1. The summed E-state index contributed by atoms with van der Waals surface area (Å²) in [6, 6.07) is 8.19. The Morgan fingerprint density at radius 2 is 1.91 bits per heavy atom. The summed E-state index contributed by atoms with van der Waals surface area (Å²) in [4.78, 5) is 16.5. The Morgan fingerprint density at radius 1 is 1.16 bits per heavy atom. The summed E-state index contributed by atoms with van der Waals surface area (Å²) >= 11 is 0. The Bertz CT molecular complexity index is 1720. The van der Waals surface area contributed by atoms with Gasteiger partial charge in [-0.25, -0.2) is 22.6 Å². The summed E-state index contributed by atoms with van der Waals surface area (Å²) in [5.74, 6) is -0.0478. The molecule has 0 atom stereocenters. The normalized spacial score (nSPS) is 12.2. The van der Waals surface area contributed by atoms with Crippen molar-refractivity contribution in [2.75, 3.05) is 26.5 Å². The summed E-state index contributed by atoms with van der Waals surface area (Å²) in [5, 5.41) is 7.27. The fraction of sp³-hybridized carbons (Fsp3) is 0.433. The number of sulfonamides is 1. The molecule has 4 rings (SSSR count). The van der Waals surface area contributed by atoms with Crippen molar-refractivity contribution >= 4 is 21.8 Å². The standard InChI is InChI=1S/C30H39FN6O5S/c1-20-24(26(34-36(20)6)19-35(5)43(7,39)40)13-15-41-27-16-22(31)9-10-25(27)21-8-11-28-33-17-23(37(28)18-21)12-14-32-29(38)42-30(2,3)4/h8-11,16-18H,12-15,19H2,1-7H3,(H,32,38). The first kappa shape index (κ1) is 32.0. The van der Waals surface area contributed by atoms with Gasteiger partial charge in [0.15, 0.2) is 0 Å². The van der Waals surface area contributed by atoms with Gasteiger partial charge in [0, 0.05) is 80.0 Å². The van der Waals surface area contributed by atoms with Gasteiger partial charge >= 0.3 is 6.09 Å². The summed E-state index contributed by atoms with van der Waals surface area (Å²) in [5.41, 5.74) is 4.99. The Labute approximate surface area is 251 Å². The molecule has 1 N–H and O–H groups in total. The maximum Gasteiger partial charge on any atom is 0.407 e. The van der Waals surface area contributed by atoms with Gasteiger partial charge in [0.25, 0.3) is 0 Å². The van der Waals surface area contributed by atoms with E-state index >= 15 is 0 Å². The Morgan fingerprint density at radius 3 is 2.60 bits per heavy atom. The highest BCUT2D eigenvalue weighted by Gasteiger charge is 2.20. The number of carbonyl (C=O) groups excluding carboxylic acids is 1. The first-order chi connectivity index (χ1) is 20.1. The lowest BCUT2D eigenvalue weighted by Gasteiger charge is -2.19. The molecule has 0 saturated carbocycles. The van der Waals surface area contributed by atoms with Crippen molar-refractivity contribution in [1.29, 1.82) is 0 Å². The van der Waals surface area contributed by atoms with Gasteiger partial charge in [-0.3, -0.25) is 4.68 Å². The number of aromatic nitrogens is 4. The average molecular weight is 615 g/mol. The molecule has 232 valence electrons. The third-order valence-corrected chi connectivity index (χ3v) is 8.24. The molecule has 0 aliphatic rings. The van der Waals surface area contributed by atoms with Gasteiger partial charge < -0.3 is 19.2 Å². The van der Waals surface area contributed by atoms with Crippen molar-refractivity contribution in [3.8, 4) is 16.9 Å². The highest BCUT2D eigenvalue weighted by atomic mass is 32.2. The number of rotatable bonds is 11. The second-order valence-electron chi connectivity index (χ2n) is 11.5. The van der Waals surface area contributed by atoms with Gasteiger partial charge in [-0.2, -0.15) is 9.40 Å². The molecule has 3 aromatic heterocycles. The van der Waals surface area contributed by atoms with Crippen molar-refractivity contribution < 1.29 is 27.1 Å². The first-order valence-corrected chi connectivity index (χ1v) is 15.8. The van der Waals surface area contributed by atoms with E-state index in [0.29, 0.717) is 36.4 Å². The molecule has 13 heteroatoms. The Balaban J connectivity index is 1.51. The Kier molecular flexibility index (Phi) is 9.45. The van der Waals surface area contributed by atoms with E-state index < -0.39 is 27.5 Å². The van der Waals surface area contributed by atoms with Crippen molar-refractivity contribution in [3.63, 3.8) is 0 Å². The van der Waals surface area contributed by atoms with E-state index in [1.807, 2.05) is 57.5 Å². The zero-order chi connectivity index (χ0) is 31.5. The third kappa shape index (κ3) is 8.11. The molecule has 0 radical (unpaired) electrons. The second-order valence-corrected chi connectivity index (χ2v) is 13.6. The topological polar surface area (TPSA) is 120 Å². The molecule has 0 spiro atoms. The van der Waals surface area contributed by atoms with Gasteiger partial charge in [0.2, 0.25) is 10.0 Å². The largest absolute Gasteiger partial charge is 0.492 e. The molecular formula is C30H39FN6O5S.